The second kappa shape index (κ2) is 7.32. The van der Waals surface area contributed by atoms with Crippen LogP contribution in [0, 0.1) is 0 Å². The lowest BCUT2D eigenvalue weighted by Crippen LogP contribution is -2.34. The van der Waals surface area contributed by atoms with Gasteiger partial charge in [0.15, 0.2) is 0 Å². The Morgan fingerprint density at radius 2 is 0.909 bits per heavy atom. The Bertz CT molecular complexity index is 366. The summed E-state index contributed by atoms with van der Waals surface area (Å²) in [4.78, 5) is 0. The molecule has 0 heterocycles. The Labute approximate surface area is 134 Å². The average Bonchev–Trinajstić information content (AvgIpc) is 2.56. The lowest BCUT2D eigenvalue weighted by atomic mass is 9.97. The van der Waals surface area contributed by atoms with Crippen LogP contribution in [0.2, 0.25) is 0 Å². The molecule has 3 rings (SSSR count). The third kappa shape index (κ3) is 3.45. The molecular formula is C18H31F2OP. The van der Waals surface area contributed by atoms with Crippen molar-refractivity contribution in [3.05, 3.63) is 0 Å². The van der Waals surface area contributed by atoms with E-state index in [0.29, 0.717) is 31.3 Å². The lowest BCUT2D eigenvalue weighted by Gasteiger charge is -2.44. The minimum absolute atomic E-state index is 0.240. The van der Waals surface area contributed by atoms with E-state index in [4.69, 9.17) is 0 Å². The molecule has 0 aromatic carbocycles. The summed E-state index contributed by atoms with van der Waals surface area (Å²) in [7, 11) is -2.33. The maximum Gasteiger partial charge on any atom is 0.100 e. The van der Waals surface area contributed by atoms with E-state index in [0.717, 1.165) is 38.5 Å². The van der Waals surface area contributed by atoms with E-state index in [1.165, 1.54) is 19.3 Å². The van der Waals surface area contributed by atoms with Crippen molar-refractivity contribution in [1.82, 2.24) is 0 Å². The molecule has 0 spiro atoms. The lowest BCUT2D eigenvalue weighted by molar-refractivity contribution is 0.241. The van der Waals surface area contributed by atoms with E-state index < -0.39 is 19.5 Å². The highest BCUT2D eigenvalue weighted by Gasteiger charge is 2.48. The van der Waals surface area contributed by atoms with Crippen LogP contribution in [0.5, 0.6) is 0 Å². The molecule has 0 bridgehead atoms. The average molecular weight is 332 g/mol. The molecule has 0 amide bonds. The van der Waals surface area contributed by atoms with Crippen LogP contribution in [-0.4, -0.2) is 29.3 Å². The number of halogens is 2. The van der Waals surface area contributed by atoms with Crippen molar-refractivity contribution in [1.29, 1.82) is 0 Å². The predicted octanol–water partition coefficient (Wildman–Crippen LogP) is 6.24. The van der Waals surface area contributed by atoms with Gasteiger partial charge in [0, 0.05) is 17.0 Å². The highest BCUT2D eigenvalue weighted by atomic mass is 31.2. The van der Waals surface area contributed by atoms with E-state index in [2.05, 4.69) is 0 Å². The first-order chi connectivity index (χ1) is 10.6. The minimum atomic E-state index is -2.33. The van der Waals surface area contributed by atoms with E-state index >= 15 is 0 Å². The summed E-state index contributed by atoms with van der Waals surface area (Å²) >= 11 is 0. The molecule has 0 N–H and O–H groups in total. The fraction of sp³-hybridized carbons (Fsp3) is 1.00. The molecule has 0 radical (unpaired) electrons. The van der Waals surface area contributed by atoms with Crippen molar-refractivity contribution in [3.63, 3.8) is 0 Å². The van der Waals surface area contributed by atoms with Crippen LogP contribution in [0.25, 0.3) is 0 Å². The third-order valence-corrected chi connectivity index (χ3v) is 11.5. The summed E-state index contributed by atoms with van der Waals surface area (Å²) in [6, 6.07) is 0. The molecule has 0 unspecified atom stereocenters. The maximum absolute atomic E-state index is 14.2. The van der Waals surface area contributed by atoms with Crippen LogP contribution in [0.1, 0.15) is 83.5 Å². The molecule has 128 valence electrons. The highest BCUT2D eigenvalue weighted by Crippen LogP contribution is 2.68. The second-order valence-corrected chi connectivity index (χ2v) is 11.6. The van der Waals surface area contributed by atoms with E-state index in [-0.39, 0.29) is 11.3 Å². The summed E-state index contributed by atoms with van der Waals surface area (Å²) < 4.78 is 41.3. The maximum atomic E-state index is 14.2. The first-order valence-electron chi connectivity index (χ1n) is 9.48. The zero-order valence-electron chi connectivity index (χ0n) is 13.7. The van der Waals surface area contributed by atoms with Crippen LogP contribution in [-0.2, 0) is 4.57 Å². The van der Waals surface area contributed by atoms with Crippen LogP contribution in [0.4, 0.5) is 8.78 Å². The summed E-state index contributed by atoms with van der Waals surface area (Å²) in [5, 5.41) is 0. The zero-order chi connectivity index (χ0) is 15.6. The van der Waals surface area contributed by atoms with Crippen LogP contribution in [0.15, 0.2) is 0 Å². The highest BCUT2D eigenvalue weighted by molar-refractivity contribution is 7.66. The normalized spacial score (nSPS) is 41.0. The van der Waals surface area contributed by atoms with Gasteiger partial charge < -0.3 is 4.57 Å². The topological polar surface area (TPSA) is 17.1 Å². The van der Waals surface area contributed by atoms with Crippen molar-refractivity contribution in [2.75, 3.05) is 0 Å². The van der Waals surface area contributed by atoms with Gasteiger partial charge in [-0.1, -0.05) is 19.3 Å². The van der Waals surface area contributed by atoms with Gasteiger partial charge in [-0.25, -0.2) is 8.78 Å². The Kier molecular flexibility index (Phi) is 5.64. The van der Waals surface area contributed by atoms with Gasteiger partial charge in [-0.2, -0.15) is 0 Å². The van der Waals surface area contributed by atoms with Crippen molar-refractivity contribution < 1.29 is 13.3 Å². The largest absolute Gasteiger partial charge is 0.323 e. The quantitative estimate of drug-likeness (QED) is 0.559. The molecule has 3 saturated carbocycles. The van der Waals surface area contributed by atoms with Crippen LogP contribution < -0.4 is 0 Å². The number of hydrogen-bond acceptors (Lipinski definition) is 1. The van der Waals surface area contributed by atoms with E-state index in [1.54, 1.807) is 0 Å². The SMILES string of the molecule is O=P(C1CCCCC1)(C1CCC(F)CC1)C1CCC(F)CC1. The second-order valence-electron chi connectivity index (χ2n) is 7.87. The number of hydrogen-bond donors (Lipinski definition) is 0. The summed E-state index contributed by atoms with van der Waals surface area (Å²) in [5.74, 6) is 0. The molecule has 0 aromatic heterocycles. The fourth-order valence-corrected chi connectivity index (χ4v) is 10.4. The first kappa shape index (κ1) is 16.9. The molecule has 22 heavy (non-hydrogen) atoms. The number of alkyl halides is 2. The van der Waals surface area contributed by atoms with Gasteiger partial charge >= 0.3 is 0 Å². The fourth-order valence-electron chi connectivity index (χ4n) is 5.26. The standard InChI is InChI=1S/C18H31F2OP/c19-14-6-10-17(11-7-14)22(21,16-4-2-1-3-5-16)18-12-8-15(20)9-13-18/h14-18H,1-13H2. The molecular weight excluding hydrogens is 301 g/mol. The van der Waals surface area contributed by atoms with Gasteiger partial charge in [-0.3, -0.25) is 0 Å². The van der Waals surface area contributed by atoms with Gasteiger partial charge in [0.25, 0.3) is 0 Å². The Balaban J connectivity index is 1.79. The molecule has 1 nitrogen and oxygen atoms in total. The van der Waals surface area contributed by atoms with Crippen molar-refractivity contribution in [2.24, 2.45) is 0 Å². The molecule has 4 heteroatoms. The Hall–Kier alpha value is 0.0900. The third-order valence-electron chi connectivity index (χ3n) is 6.54. The number of rotatable bonds is 3. The monoisotopic (exact) mass is 332 g/mol. The molecule has 3 fully saturated rings. The molecule has 3 aliphatic carbocycles. The molecule has 3 aliphatic rings. The molecule has 0 atom stereocenters. The van der Waals surface area contributed by atoms with E-state index in [9.17, 15) is 13.3 Å². The van der Waals surface area contributed by atoms with Crippen molar-refractivity contribution in [2.45, 2.75) is 113 Å². The Morgan fingerprint density at radius 1 is 0.545 bits per heavy atom. The van der Waals surface area contributed by atoms with Crippen molar-refractivity contribution >= 4 is 7.14 Å². The molecule has 0 aliphatic heterocycles. The smallest absolute Gasteiger partial charge is 0.100 e. The zero-order valence-corrected chi connectivity index (χ0v) is 14.6. The predicted molar refractivity (Wildman–Crippen MR) is 88.8 cm³/mol. The van der Waals surface area contributed by atoms with Gasteiger partial charge in [-0.05, 0) is 64.2 Å². The van der Waals surface area contributed by atoms with Gasteiger partial charge in [0.2, 0.25) is 0 Å². The van der Waals surface area contributed by atoms with Crippen LogP contribution in [0.3, 0.4) is 0 Å². The summed E-state index contributed by atoms with van der Waals surface area (Å²) in [5.41, 5.74) is 0.844. The van der Waals surface area contributed by atoms with Gasteiger partial charge in [0.05, 0.1) is 7.14 Å². The van der Waals surface area contributed by atoms with Crippen LogP contribution >= 0.6 is 7.14 Å². The Morgan fingerprint density at radius 3 is 1.32 bits per heavy atom. The first-order valence-corrected chi connectivity index (χ1v) is 11.4. The summed E-state index contributed by atoms with van der Waals surface area (Å²) in [6.45, 7) is 0. The summed E-state index contributed by atoms with van der Waals surface area (Å²) in [6.07, 6.45) is 10.1. The van der Waals surface area contributed by atoms with Crippen molar-refractivity contribution in [3.8, 4) is 0 Å². The minimum Gasteiger partial charge on any atom is -0.323 e. The van der Waals surface area contributed by atoms with Gasteiger partial charge in [-0.15, -0.1) is 0 Å². The van der Waals surface area contributed by atoms with E-state index in [1.807, 2.05) is 0 Å². The molecule has 0 aromatic rings. The van der Waals surface area contributed by atoms with Gasteiger partial charge in [0.1, 0.15) is 12.3 Å². The molecule has 0 saturated heterocycles.